The molecule has 1 aliphatic carbocycles. The second-order valence-corrected chi connectivity index (χ2v) is 4.05. The summed E-state index contributed by atoms with van der Waals surface area (Å²) in [6, 6.07) is 8.92. The minimum absolute atomic E-state index is 0.330. The minimum atomic E-state index is 0.330. The molecule has 1 aromatic carbocycles. The van der Waals surface area contributed by atoms with Crippen LogP contribution in [0.15, 0.2) is 24.3 Å². The molecule has 1 saturated carbocycles. The first-order valence-electron chi connectivity index (χ1n) is 5.91. The summed E-state index contributed by atoms with van der Waals surface area (Å²) in [6.45, 7) is 3.92. The Kier molecular flexibility index (Phi) is 4.19. The van der Waals surface area contributed by atoms with E-state index in [4.69, 9.17) is 9.47 Å². The lowest BCUT2D eigenvalue weighted by Gasteiger charge is -2.07. The zero-order valence-electron chi connectivity index (χ0n) is 9.74. The predicted octanol–water partition coefficient (Wildman–Crippen LogP) is 2.31. The highest BCUT2D eigenvalue weighted by atomic mass is 16.7. The Morgan fingerprint density at radius 2 is 2.00 bits per heavy atom. The topological polar surface area (TPSA) is 30.5 Å². The number of hydrogen-bond acceptors (Lipinski definition) is 3. The molecule has 2 rings (SSSR count). The first-order chi connectivity index (χ1) is 7.88. The van der Waals surface area contributed by atoms with Gasteiger partial charge in [-0.15, -0.1) is 0 Å². The number of rotatable bonds is 7. The van der Waals surface area contributed by atoms with Gasteiger partial charge in [-0.1, -0.05) is 12.1 Å². The van der Waals surface area contributed by atoms with E-state index in [2.05, 4.69) is 17.4 Å². The number of hydrogen-bond donors (Lipinski definition) is 1. The SMILES string of the molecule is CCOCOc1ccc(CNC2CC2)cc1. The van der Waals surface area contributed by atoms with Crippen molar-refractivity contribution in [3.8, 4) is 5.75 Å². The molecule has 3 nitrogen and oxygen atoms in total. The summed E-state index contributed by atoms with van der Waals surface area (Å²) in [4.78, 5) is 0. The van der Waals surface area contributed by atoms with E-state index >= 15 is 0 Å². The Balaban J connectivity index is 1.74. The highest BCUT2D eigenvalue weighted by molar-refractivity contribution is 5.27. The summed E-state index contributed by atoms with van der Waals surface area (Å²) in [5.41, 5.74) is 1.30. The van der Waals surface area contributed by atoms with Gasteiger partial charge in [-0.25, -0.2) is 0 Å². The van der Waals surface area contributed by atoms with E-state index < -0.39 is 0 Å². The average Bonchev–Trinajstić information content (AvgIpc) is 3.12. The molecule has 0 atom stereocenters. The van der Waals surface area contributed by atoms with Gasteiger partial charge in [0.1, 0.15) is 5.75 Å². The molecule has 0 saturated heterocycles. The molecule has 0 aliphatic heterocycles. The standard InChI is InChI=1S/C13H19NO2/c1-2-15-10-16-13-7-3-11(4-8-13)9-14-12-5-6-12/h3-4,7-8,12,14H,2,5-6,9-10H2,1H3. The van der Waals surface area contributed by atoms with E-state index in [0.29, 0.717) is 13.4 Å². The summed E-state index contributed by atoms with van der Waals surface area (Å²) in [5.74, 6) is 0.864. The summed E-state index contributed by atoms with van der Waals surface area (Å²) in [6.07, 6.45) is 2.66. The zero-order valence-corrected chi connectivity index (χ0v) is 9.74. The molecule has 0 radical (unpaired) electrons. The Bertz CT molecular complexity index is 306. The van der Waals surface area contributed by atoms with E-state index in [0.717, 1.165) is 18.3 Å². The quantitative estimate of drug-likeness (QED) is 0.566. The van der Waals surface area contributed by atoms with Crippen LogP contribution < -0.4 is 10.1 Å². The van der Waals surface area contributed by atoms with Crippen LogP contribution in [0.25, 0.3) is 0 Å². The van der Waals surface area contributed by atoms with Crippen molar-refractivity contribution in [3.05, 3.63) is 29.8 Å². The average molecular weight is 221 g/mol. The first-order valence-corrected chi connectivity index (χ1v) is 5.91. The van der Waals surface area contributed by atoms with Gasteiger partial charge in [0.25, 0.3) is 0 Å². The molecule has 3 heteroatoms. The molecule has 1 fully saturated rings. The number of nitrogens with one attached hydrogen (secondary N) is 1. The van der Waals surface area contributed by atoms with Crippen LogP contribution in [0.5, 0.6) is 5.75 Å². The van der Waals surface area contributed by atoms with Crippen molar-refractivity contribution in [1.29, 1.82) is 0 Å². The number of benzene rings is 1. The maximum absolute atomic E-state index is 5.40. The molecular weight excluding hydrogens is 202 g/mol. The monoisotopic (exact) mass is 221 g/mol. The Morgan fingerprint density at radius 1 is 1.25 bits per heavy atom. The van der Waals surface area contributed by atoms with Gasteiger partial charge in [0.15, 0.2) is 6.79 Å². The predicted molar refractivity (Wildman–Crippen MR) is 63.4 cm³/mol. The summed E-state index contributed by atoms with van der Waals surface area (Å²) in [5, 5.41) is 3.48. The molecule has 1 aliphatic rings. The Hall–Kier alpha value is -1.06. The molecule has 16 heavy (non-hydrogen) atoms. The van der Waals surface area contributed by atoms with Crippen LogP contribution in [0.4, 0.5) is 0 Å². The lowest BCUT2D eigenvalue weighted by molar-refractivity contribution is 0.0224. The van der Waals surface area contributed by atoms with E-state index in [-0.39, 0.29) is 0 Å². The van der Waals surface area contributed by atoms with Crippen LogP contribution in [0, 0.1) is 0 Å². The van der Waals surface area contributed by atoms with Crippen LogP contribution in [-0.4, -0.2) is 19.4 Å². The molecule has 1 N–H and O–H groups in total. The Labute approximate surface area is 96.8 Å². The second kappa shape index (κ2) is 5.87. The fourth-order valence-corrected chi connectivity index (χ4v) is 1.45. The van der Waals surface area contributed by atoms with Crippen LogP contribution in [0.1, 0.15) is 25.3 Å². The largest absolute Gasteiger partial charge is 0.468 e. The molecule has 0 aromatic heterocycles. The molecule has 0 unspecified atom stereocenters. The van der Waals surface area contributed by atoms with E-state index in [1.807, 2.05) is 19.1 Å². The Morgan fingerprint density at radius 3 is 2.62 bits per heavy atom. The fraction of sp³-hybridized carbons (Fsp3) is 0.538. The van der Waals surface area contributed by atoms with Crippen molar-refractivity contribution in [1.82, 2.24) is 5.32 Å². The molecule has 0 amide bonds. The lowest BCUT2D eigenvalue weighted by atomic mass is 10.2. The van der Waals surface area contributed by atoms with Gasteiger partial charge in [0.2, 0.25) is 0 Å². The van der Waals surface area contributed by atoms with Crippen molar-refractivity contribution >= 4 is 0 Å². The molecule has 0 bridgehead atoms. The van der Waals surface area contributed by atoms with Crippen molar-refractivity contribution in [2.24, 2.45) is 0 Å². The van der Waals surface area contributed by atoms with Crippen LogP contribution >= 0.6 is 0 Å². The van der Waals surface area contributed by atoms with Crippen molar-refractivity contribution in [3.63, 3.8) is 0 Å². The summed E-state index contributed by atoms with van der Waals surface area (Å²) < 4.78 is 10.5. The van der Waals surface area contributed by atoms with Gasteiger partial charge < -0.3 is 14.8 Å². The van der Waals surface area contributed by atoms with Crippen molar-refractivity contribution < 1.29 is 9.47 Å². The zero-order chi connectivity index (χ0) is 11.2. The van der Waals surface area contributed by atoms with Crippen LogP contribution in [0.3, 0.4) is 0 Å². The second-order valence-electron chi connectivity index (χ2n) is 4.05. The maximum Gasteiger partial charge on any atom is 0.189 e. The maximum atomic E-state index is 5.40. The van der Waals surface area contributed by atoms with Crippen molar-refractivity contribution in [2.75, 3.05) is 13.4 Å². The van der Waals surface area contributed by atoms with E-state index in [1.165, 1.54) is 18.4 Å². The van der Waals surface area contributed by atoms with Gasteiger partial charge in [0.05, 0.1) is 0 Å². The molecular formula is C13H19NO2. The van der Waals surface area contributed by atoms with Gasteiger partial charge in [0, 0.05) is 19.2 Å². The third kappa shape index (κ3) is 3.83. The molecule has 0 spiro atoms. The number of ether oxygens (including phenoxy) is 2. The molecule has 88 valence electrons. The molecule has 0 heterocycles. The highest BCUT2D eigenvalue weighted by Gasteiger charge is 2.19. The fourth-order valence-electron chi connectivity index (χ4n) is 1.45. The first kappa shape index (κ1) is 11.4. The third-order valence-corrected chi connectivity index (χ3v) is 2.61. The van der Waals surface area contributed by atoms with Crippen LogP contribution in [-0.2, 0) is 11.3 Å². The normalized spacial score (nSPS) is 15.1. The highest BCUT2D eigenvalue weighted by Crippen LogP contribution is 2.19. The van der Waals surface area contributed by atoms with Gasteiger partial charge in [-0.05, 0) is 37.5 Å². The summed E-state index contributed by atoms with van der Waals surface area (Å²) in [7, 11) is 0. The third-order valence-electron chi connectivity index (χ3n) is 2.61. The smallest absolute Gasteiger partial charge is 0.189 e. The molecule has 1 aromatic rings. The van der Waals surface area contributed by atoms with Gasteiger partial charge >= 0.3 is 0 Å². The van der Waals surface area contributed by atoms with Gasteiger partial charge in [-0.2, -0.15) is 0 Å². The van der Waals surface area contributed by atoms with Crippen molar-refractivity contribution in [2.45, 2.75) is 32.4 Å². The minimum Gasteiger partial charge on any atom is -0.468 e. The van der Waals surface area contributed by atoms with Crippen LogP contribution in [0.2, 0.25) is 0 Å². The summed E-state index contributed by atoms with van der Waals surface area (Å²) >= 11 is 0. The lowest BCUT2D eigenvalue weighted by Crippen LogP contribution is -2.15. The van der Waals surface area contributed by atoms with Gasteiger partial charge in [-0.3, -0.25) is 0 Å². The van der Waals surface area contributed by atoms with E-state index in [9.17, 15) is 0 Å². The van der Waals surface area contributed by atoms with E-state index in [1.54, 1.807) is 0 Å².